The van der Waals surface area contributed by atoms with E-state index in [4.69, 9.17) is 0 Å². The molecule has 7 heteroatoms. The molecule has 0 aromatic heterocycles. The van der Waals surface area contributed by atoms with Crippen molar-refractivity contribution < 1.29 is 22.8 Å². The number of rotatable bonds is 3. The molecule has 2 amide bonds. The van der Waals surface area contributed by atoms with Gasteiger partial charge in [0.25, 0.3) is 11.8 Å². The lowest BCUT2D eigenvalue weighted by Crippen LogP contribution is -2.38. The summed E-state index contributed by atoms with van der Waals surface area (Å²) >= 11 is 0. The molecule has 162 valence electrons. The van der Waals surface area contributed by atoms with Crippen molar-refractivity contribution in [2.75, 3.05) is 18.0 Å². The van der Waals surface area contributed by atoms with E-state index in [0.717, 1.165) is 35.4 Å². The summed E-state index contributed by atoms with van der Waals surface area (Å²) in [6.45, 7) is 5.31. The predicted octanol–water partition coefficient (Wildman–Crippen LogP) is 5.03. The van der Waals surface area contributed by atoms with Gasteiger partial charge in [0.1, 0.15) is 5.70 Å². The summed E-state index contributed by atoms with van der Waals surface area (Å²) in [5.41, 5.74) is 1.14. The second-order valence-corrected chi connectivity index (χ2v) is 8.25. The molecule has 2 aromatic carbocycles. The molecule has 2 aliphatic heterocycles. The number of alkyl halides is 3. The average molecular weight is 428 g/mol. The van der Waals surface area contributed by atoms with Gasteiger partial charge in [-0.15, -0.1) is 0 Å². The summed E-state index contributed by atoms with van der Waals surface area (Å²) in [5, 5.41) is 0. The summed E-state index contributed by atoms with van der Waals surface area (Å²) in [7, 11) is 0. The Labute approximate surface area is 179 Å². The Morgan fingerprint density at radius 3 is 2.19 bits per heavy atom. The Bertz CT molecular complexity index is 1050. The smallest absolute Gasteiger partial charge is 0.366 e. The maximum Gasteiger partial charge on any atom is 0.416 e. The summed E-state index contributed by atoms with van der Waals surface area (Å²) in [6.07, 6.45) is -2.80. The first-order valence-electron chi connectivity index (χ1n) is 10.3. The van der Waals surface area contributed by atoms with Gasteiger partial charge < -0.3 is 4.90 Å². The van der Waals surface area contributed by atoms with Crippen molar-refractivity contribution in [2.45, 2.75) is 32.9 Å². The zero-order chi connectivity index (χ0) is 22.3. The molecule has 0 radical (unpaired) electrons. The highest BCUT2D eigenvalue weighted by atomic mass is 19.4. The van der Waals surface area contributed by atoms with E-state index < -0.39 is 23.6 Å². The number of amides is 2. The fourth-order valence-corrected chi connectivity index (χ4v) is 4.08. The molecule has 0 unspecified atom stereocenters. The van der Waals surface area contributed by atoms with E-state index in [1.54, 1.807) is 12.1 Å². The van der Waals surface area contributed by atoms with Crippen molar-refractivity contribution in [3.05, 3.63) is 70.9 Å². The molecule has 0 aliphatic carbocycles. The van der Waals surface area contributed by atoms with Crippen LogP contribution in [0.2, 0.25) is 0 Å². The predicted molar refractivity (Wildman–Crippen MR) is 112 cm³/mol. The van der Waals surface area contributed by atoms with E-state index in [1.807, 2.05) is 24.0 Å². The Balaban J connectivity index is 1.80. The van der Waals surface area contributed by atoms with Crippen molar-refractivity contribution in [3.63, 3.8) is 0 Å². The van der Waals surface area contributed by atoms with Gasteiger partial charge in [0.15, 0.2) is 0 Å². The minimum Gasteiger partial charge on any atom is -0.366 e. The summed E-state index contributed by atoms with van der Waals surface area (Å²) in [4.78, 5) is 29.6. The van der Waals surface area contributed by atoms with Crippen LogP contribution in [0.3, 0.4) is 0 Å². The van der Waals surface area contributed by atoms with Gasteiger partial charge in [-0.05, 0) is 49.4 Å². The van der Waals surface area contributed by atoms with Crippen LogP contribution < -0.4 is 4.90 Å². The van der Waals surface area contributed by atoms with Gasteiger partial charge in [0.2, 0.25) is 0 Å². The topological polar surface area (TPSA) is 40.6 Å². The van der Waals surface area contributed by atoms with Gasteiger partial charge in [0, 0.05) is 13.1 Å². The molecule has 0 bridgehead atoms. The molecule has 4 rings (SSSR count). The van der Waals surface area contributed by atoms with E-state index in [0.29, 0.717) is 24.6 Å². The molecule has 1 fully saturated rings. The van der Waals surface area contributed by atoms with Crippen molar-refractivity contribution in [1.29, 1.82) is 0 Å². The summed E-state index contributed by atoms with van der Waals surface area (Å²) < 4.78 is 39.7. The monoisotopic (exact) mass is 428 g/mol. The van der Waals surface area contributed by atoms with Crippen LogP contribution in [0.4, 0.5) is 18.9 Å². The highest BCUT2D eigenvalue weighted by Crippen LogP contribution is 2.38. The van der Waals surface area contributed by atoms with Crippen molar-refractivity contribution >= 4 is 23.1 Å². The Kier molecular flexibility index (Phi) is 5.37. The molecule has 2 aromatic rings. The van der Waals surface area contributed by atoms with Gasteiger partial charge in [-0.3, -0.25) is 9.59 Å². The van der Waals surface area contributed by atoms with Crippen molar-refractivity contribution in [3.8, 4) is 0 Å². The summed E-state index contributed by atoms with van der Waals surface area (Å²) in [5.74, 6) is -0.650. The molecule has 0 spiro atoms. The molecular formula is C24H23F3N2O2. The number of anilines is 1. The van der Waals surface area contributed by atoms with E-state index in [-0.39, 0.29) is 17.0 Å². The number of aryl methyl sites for hydroxylation is 1. The third-order valence-electron chi connectivity index (χ3n) is 5.93. The second-order valence-electron chi connectivity index (χ2n) is 8.25. The number of carbonyl (C=O) groups excluding carboxylic acids is 2. The third-order valence-corrected chi connectivity index (χ3v) is 5.93. The third kappa shape index (κ3) is 3.96. The van der Waals surface area contributed by atoms with E-state index in [1.165, 1.54) is 12.1 Å². The minimum absolute atomic E-state index is 0.0742. The quantitative estimate of drug-likeness (QED) is 0.644. The largest absolute Gasteiger partial charge is 0.416 e. The highest BCUT2D eigenvalue weighted by Gasteiger charge is 2.43. The lowest BCUT2D eigenvalue weighted by atomic mass is 9.97. The zero-order valence-electron chi connectivity index (χ0n) is 17.4. The van der Waals surface area contributed by atoms with Gasteiger partial charge in [-0.2, -0.15) is 13.2 Å². The maximum absolute atomic E-state index is 13.4. The lowest BCUT2D eigenvalue weighted by Gasteiger charge is -2.32. The van der Waals surface area contributed by atoms with Crippen LogP contribution in [0, 0.1) is 12.8 Å². The molecule has 0 N–H and O–H groups in total. The van der Waals surface area contributed by atoms with Crippen molar-refractivity contribution in [1.82, 2.24) is 4.90 Å². The molecule has 2 heterocycles. The summed E-state index contributed by atoms with van der Waals surface area (Å²) in [6, 6.07) is 11.6. The first-order valence-corrected chi connectivity index (χ1v) is 10.3. The number of nitrogens with zero attached hydrogens (tertiary/aromatic N) is 2. The maximum atomic E-state index is 13.4. The molecule has 2 aliphatic rings. The fourth-order valence-electron chi connectivity index (χ4n) is 4.08. The molecule has 0 saturated carbocycles. The Morgan fingerprint density at radius 2 is 1.58 bits per heavy atom. The Morgan fingerprint density at radius 1 is 0.935 bits per heavy atom. The van der Waals surface area contributed by atoms with Gasteiger partial charge in [-0.1, -0.05) is 42.8 Å². The molecule has 31 heavy (non-hydrogen) atoms. The SMILES string of the molecule is Cc1ccc(C2=C(N3CCC(C)CC3)C(=O)N(c3cccc(C(F)(F)F)c3)C2=O)cc1. The van der Waals surface area contributed by atoms with Crippen molar-refractivity contribution in [2.24, 2.45) is 5.92 Å². The Hall–Kier alpha value is -3.09. The van der Waals surface area contributed by atoms with E-state index in [2.05, 4.69) is 6.92 Å². The van der Waals surface area contributed by atoms with Crippen LogP contribution >= 0.6 is 0 Å². The first kappa shape index (κ1) is 21.2. The minimum atomic E-state index is -4.57. The van der Waals surface area contributed by atoms with Crippen LogP contribution in [0.25, 0.3) is 5.57 Å². The van der Waals surface area contributed by atoms with E-state index in [9.17, 15) is 22.8 Å². The van der Waals surface area contributed by atoms with Crippen LogP contribution in [-0.4, -0.2) is 29.8 Å². The number of hydrogen-bond donors (Lipinski definition) is 0. The average Bonchev–Trinajstić information content (AvgIpc) is 2.99. The van der Waals surface area contributed by atoms with Crippen LogP contribution in [-0.2, 0) is 15.8 Å². The molecular weight excluding hydrogens is 405 g/mol. The van der Waals surface area contributed by atoms with Crippen LogP contribution in [0.15, 0.2) is 54.2 Å². The number of benzene rings is 2. The fraction of sp³-hybridized carbons (Fsp3) is 0.333. The number of piperidine rings is 1. The van der Waals surface area contributed by atoms with E-state index >= 15 is 0 Å². The molecule has 1 saturated heterocycles. The number of likely N-dealkylation sites (tertiary alicyclic amines) is 1. The second kappa shape index (κ2) is 7.87. The van der Waals surface area contributed by atoms with Crippen LogP contribution in [0.1, 0.15) is 36.5 Å². The normalized spacial score (nSPS) is 18.4. The number of imide groups is 1. The number of carbonyl (C=O) groups is 2. The lowest BCUT2D eigenvalue weighted by molar-refractivity contribution is -0.137. The van der Waals surface area contributed by atoms with Gasteiger partial charge >= 0.3 is 6.18 Å². The van der Waals surface area contributed by atoms with Gasteiger partial charge in [-0.25, -0.2) is 4.90 Å². The number of hydrogen-bond acceptors (Lipinski definition) is 3. The van der Waals surface area contributed by atoms with Crippen LogP contribution in [0.5, 0.6) is 0 Å². The standard InChI is InChI=1S/C24H23F3N2O2/c1-15-6-8-17(9-7-15)20-21(28-12-10-16(2)11-13-28)23(31)29(22(20)30)19-5-3-4-18(14-19)24(25,26)27/h3-9,14,16H,10-13H2,1-2H3. The van der Waals surface area contributed by atoms with Gasteiger partial charge in [0.05, 0.1) is 16.8 Å². The molecule has 0 atom stereocenters. The molecule has 4 nitrogen and oxygen atoms in total. The first-order chi connectivity index (χ1) is 14.7. The zero-order valence-corrected chi connectivity index (χ0v) is 17.4. The number of halogens is 3. The highest BCUT2D eigenvalue weighted by molar-refractivity contribution is 6.45.